The van der Waals surface area contributed by atoms with Gasteiger partial charge in [0.1, 0.15) is 0 Å². The van der Waals surface area contributed by atoms with Crippen LogP contribution in [0.1, 0.15) is 12.8 Å². The fourth-order valence-corrected chi connectivity index (χ4v) is 1.05. The fourth-order valence-electron chi connectivity index (χ4n) is 1.05. The minimum absolute atomic E-state index is 0. The van der Waals surface area contributed by atoms with E-state index in [-0.39, 0.29) is 32.7 Å². The molecule has 0 aliphatic carbocycles. The summed E-state index contributed by atoms with van der Waals surface area (Å²) >= 11 is 0. The Morgan fingerprint density at radius 1 is 1.60 bits per heavy atom. The molecule has 2 atom stereocenters. The molecule has 2 unspecified atom stereocenters. The van der Waals surface area contributed by atoms with Crippen LogP contribution >= 0.6 is 0 Å². The van der Waals surface area contributed by atoms with E-state index in [1.54, 1.807) is 0 Å². The Morgan fingerprint density at radius 3 is 2.70 bits per heavy atom. The van der Waals surface area contributed by atoms with E-state index in [1.807, 2.05) is 6.20 Å². The zero-order chi connectivity index (χ0) is 6.69. The molecule has 0 aromatic rings. The Kier molecular flexibility index (Phi) is 5.66. The molecule has 0 saturated carbocycles. The molecule has 1 aliphatic rings. The van der Waals surface area contributed by atoms with Gasteiger partial charge in [-0.3, -0.25) is 0 Å². The molecule has 2 heteroatoms. The van der Waals surface area contributed by atoms with Crippen molar-refractivity contribution in [1.82, 2.24) is 5.32 Å². The van der Waals surface area contributed by atoms with Crippen LogP contribution in [0.2, 0.25) is 0 Å². The maximum Gasteiger partial charge on any atom is 0 e. The van der Waals surface area contributed by atoms with Crippen LogP contribution in [-0.2, 0) is 32.7 Å². The first-order valence-corrected chi connectivity index (χ1v) is 3.38. The molecule has 1 aliphatic heterocycles. The van der Waals surface area contributed by atoms with Gasteiger partial charge in [0, 0.05) is 32.7 Å². The predicted octanol–water partition coefficient (Wildman–Crippen LogP) is 1.53. The van der Waals surface area contributed by atoms with Crippen molar-refractivity contribution in [2.45, 2.75) is 18.9 Å². The van der Waals surface area contributed by atoms with E-state index in [2.05, 4.69) is 25.2 Å². The van der Waals surface area contributed by atoms with Gasteiger partial charge in [-0.2, -0.15) is 6.42 Å². The first-order chi connectivity index (χ1) is 4.34. The van der Waals surface area contributed by atoms with Gasteiger partial charge in [-0.1, -0.05) is 18.0 Å². The van der Waals surface area contributed by atoms with E-state index in [9.17, 15) is 0 Å². The van der Waals surface area contributed by atoms with Crippen molar-refractivity contribution in [3.8, 4) is 0 Å². The standard InChI is InChI=1S/C8H13N.Y/c1-3-8-5-4-6-9-7(8)2;/h4,6-9H,1-3,5H2;/q-2;. The van der Waals surface area contributed by atoms with Gasteiger partial charge in [-0.25, -0.2) is 0 Å². The topological polar surface area (TPSA) is 12.0 Å². The Hall–Kier alpha value is 0.644. The van der Waals surface area contributed by atoms with Crippen LogP contribution in [-0.4, -0.2) is 6.04 Å². The van der Waals surface area contributed by atoms with Gasteiger partial charge in [0.25, 0.3) is 0 Å². The third kappa shape index (κ3) is 2.71. The number of rotatable bonds is 1. The summed E-state index contributed by atoms with van der Waals surface area (Å²) in [5.74, 6) is 0.634. The van der Waals surface area contributed by atoms with Crippen LogP contribution in [0.25, 0.3) is 0 Å². The van der Waals surface area contributed by atoms with Crippen molar-refractivity contribution in [1.29, 1.82) is 0 Å². The van der Waals surface area contributed by atoms with Gasteiger partial charge >= 0.3 is 0 Å². The number of hydrogen-bond acceptors (Lipinski definition) is 1. The van der Waals surface area contributed by atoms with Crippen LogP contribution in [0.3, 0.4) is 0 Å². The van der Waals surface area contributed by atoms with Crippen LogP contribution in [0.4, 0.5) is 0 Å². The number of allylic oxidation sites excluding steroid dienone is 1. The fraction of sp³-hybridized carbons (Fsp3) is 0.500. The van der Waals surface area contributed by atoms with Gasteiger partial charge < -0.3 is 19.2 Å². The second-order valence-electron chi connectivity index (χ2n) is 2.46. The average Bonchev–Trinajstić information content (AvgIpc) is 1.89. The summed E-state index contributed by atoms with van der Waals surface area (Å²) in [6.07, 6.45) is 6.22. The van der Waals surface area contributed by atoms with Crippen molar-refractivity contribution in [2.75, 3.05) is 0 Å². The van der Waals surface area contributed by atoms with Gasteiger partial charge in [-0.15, -0.1) is 0 Å². The molecule has 1 heterocycles. The summed E-state index contributed by atoms with van der Waals surface area (Å²) in [5, 5.41) is 3.15. The van der Waals surface area contributed by atoms with E-state index >= 15 is 0 Å². The summed E-state index contributed by atoms with van der Waals surface area (Å²) in [5.41, 5.74) is 0. The zero-order valence-electron chi connectivity index (χ0n) is 6.22. The van der Waals surface area contributed by atoms with Crippen molar-refractivity contribution in [2.24, 2.45) is 5.92 Å². The summed E-state index contributed by atoms with van der Waals surface area (Å²) in [6.45, 7) is 7.79. The van der Waals surface area contributed by atoms with Crippen LogP contribution < -0.4 is 5.32 Å². The van der Waals surface area contributed by atoms with Gasteiger partial charge in [0.05, 0.1) is 0 Å². The largest absolute Gasteiger partial charge is 0.418 e. The van der Waals surface area contributed by atoms with Gasteiger partial charge in [-0.05, 0) is 12.6 Å². The van der Waals surface area contributed by atoms with E-state index in [4.69, 9.17) is 0 Å². The molecule has 0 spiro atoms. The Balaban J connectivity index is 0.000000810. The predicted molar refractivity (Wildman–Crippen MR) is 39.5 cm³/mol. The molecule has 0 amide bonds. The first kappa shape index (κ1) is 10.6. The normalized spacial score (nSPS) is 30.6. The summed E-state index contributed by atoms with van der Waals surface area (Å²) in [7, 11) is 0. The van der Waals surface area contributed by atoms with E-state index < -0.39 is 0 Å². The van der Waals surface area contributed by atoms with Crippen molar-refractivity contribution in [3.63, 3.8) is 0 Å². The Labute approximate surface area is 88.5 Å². The quantitative estimate of drug-likeness (QED) is 0.650. The van der Waals surface area contributed by atoms with Crippen LogP contribution in [0.5, 0.6) is 0 Å². The molecule has 0 aromatic heterocycles. The second kappa shape index (κ2) is 5.31. The molecule has 1 rings (SSSR count). The monoisotopic (exact) mass is 212 g/mol. The first-order valence-electron chi connectivity index (χ1n) is 3.38. The molecule has 0 saturated heterocycles. The van der Waals surface area contributed by atoms with Crippen LogP contribution in [0, 0.1) is 19.8 Å². The summed E-state index contributed by atoms with van der Waals surface area (Å²) in [4.78, 5) is 0. The maximum atomic E-state index is 3.95. The Bertz CT molecular complexity index is 112. The molecule has 0 fully saturated rings. The van der Waals surface area contributed by atoms with Crippen molar-refractivity contribution >= 4 is 0 Å². The molecule has 10 heavy (non-hydrogen) atoms. The summed E-state index contributed by atoms with van der Waals surface area (Å²) < 4.78 is 0. The number of nitrogens with one attached hydrogen (secondary N) is 1. The summed E-state index contributed by atoms with van der Waals surface area (Å²) in [6, 6.07) is 0.368. The second-order valence-corrected chi connectivity index (χ2v) is 2.46. The van der Waals surface area contributed by atoms with Crippen LogP contribution in [0.15, 0.2) is 12.3 Å². The van der Waals surface area contributed by atoms with Gasteiger partial charge in [0.15, 0.2) is 0 Å². The van der Waals surface area contributed by atoms with E-state index in [1.165, 1.54) is 0 Å². The molecule has 0 bridgehead atoms. The minimum Gasteiger partial charge on any atom is -0.418 e. The number of hydrogen-bond donors (Lipinski definition) is 1. The third-order valence-electron chi connectivity index (χ3n) is 1.81. The molecule has 1 N–H and O–H groups in total. The minimum atomic E-state index is 0. The van der Waals surface area contributed by atoms with E-state index in [0.29, 0.717) is 12.0 Å². The van der Waals surface area contributed by atoms with Gasteiger partial charge in [0.2, 0.25) is 0 Å². The Morgan fingerprint density at radius 2 is 2.30 bits per heavy atom. The molecule has 0 aromatic carbocycles. The smallest absolute Gasteiger partial charge is 0 e. The van der Waals surface area contributed by atoms with E-state index in [0.717, 1.165) is 12.8 Å². The molecule has 55 valence electrons. The molecule has 1 nitrogen and oxygen atoms in total. The molecular weight excluding hydrogens is 199 g/mol. The zero-order valence-corrected chi connectivity index (χ0v) is 9.05. The van der Waals surface area contributed by atoms with Crippen molar-refractivity contribution < 1.29 is 32.7 Å². The van der Waals surface area contributed by atoms with Crippen molar-refractivity contribution in [3.05, 3.63) is 26.1 Å². The molecule has 1 radical (unpaired) electrons. The maximum absolute atomic E-state index is 3.95. The third-order valence-corrected chi connectivity index (χ3v) is 1.81. The average molecular weight is 212 g/mol. The molecular formula is C8H13NY-2. The SMILES string of the molecule is [CH2-]CC1CC=CNC1[CH2-].[Y].